The average molecular weight is 263 g/mol. The second-order valence-corrected chi connectivity index (χ2v) is 3.41. The monoisotopic (exact) mass is 262 g/mol. The van der Waals surface area contributed by atoms with Crippen LogP contribution >= 0.6 is 12.4 Å². The lowest BCUT2D eigenvalue weighted by molar-refractivity contribution is 0.0953. The molecule has 0 aromatic carbocycles. The summed E-state index contributed by atoms with van der Waals surface area (Å²) >= 11 is 0. The zero-order valence-electron chi connectivity index (χ0n) is 10.1. The number of amides is 1. The van der Waals surface area contributed by atoms with Gasteiger partial charge in [0.1, 0.15) is 0 Å². The Hall–Kier alpha value is -1.11. The fraction of sp³-hybridized carbons (Fsp3) is 0.600. The Labute approximate surface area is 107 Å². The molecule has 0 radical (unpaired) electrons. The van der Waals surface area contributed by atoms with Crippen molar-refractivity contribution in [3.8, 4) is 0 Å². The fourth-order valence-corrected chi connectivity index (χ4v) is 1.24. The first-order chi connectivity index (χ1) is 7.75. The summed E-state index contributed by atoms with van der Waals surface area (Å²) in [6.45, 7) is 4.60. The number of aromatic amines is 1. The molecular weight excluding hydrogens is 244 g/mol. The average Bonchev–Trinajstić information content (AvgIpc) is 2.69. The Kier molecular flexibility index (Phi) is 8.39. The van der Waals surface area contributed by atoms with Gasteiger partial charge in [0.2, 0.25) is 0 Å². The van der Waals surface area contributed by atoms with Crippen LogP contribution in [0.25, 0.3) is 0 Å². The molecule has 0 spiro atoms. The van der Waals surface area contributed by atoms with Crippen molar-refractivity contribution in [2.24, 2.45) is 0 Å². The van der Waals surface area contributed by atoms with Crippen molar-refractivity contribution < 1.29 is 9.53 Å². The number of ether oxygens (including phenoxy) is 1. The maximum absolute atomic E-state index is 11.6. The highest BCUT2D eigenvalue weighted by Crippen LogP contribution is 2.00. The van der Waals surface area contributed by atoms with Gasteiger partial charge >= 0.3 is 0 Å². The van der Waals surface area contributed by atoms with Gasteiger partial charge in [-0.3, -0.25) is 9.89 Å². The molecule has 1 aromatic heterocycles. The molecule has 0 saturated heterocycles. The van der Waals surface area contributed by atoms with Gasteiger partial charge in [0, 0.05) is 32.4 Å². The van der Waals surface area contributed by atoms with Gasteiger partial charge in [0.25, 0.3) is 5.91 Å². The van der Waals surface area contributed by atoms with Crippen molar-refractivity contribution in [3.63, 3.8) is 0 Å². The minimum atomic E-state index is -0.0974. The normalized spacial score (nSPS) is 9.76. The van der Waals surface area contributed by atoms with Gasteiger partial charge in [-0.05, 0) is 6.92 Å². The molecule has 0 bridgehead atoms. The first-order valence-electron chi connectivity index (χ1n) is 5.23. The van der Waals surface area contributed by atoms with Crippen LogP contribution < -0.4 is 10.6 Å². The van der Waals surface area contributed by atoms with E-state index in [1.807, 2.05) is 6.92 Å². The van der Waals surface area contributed by atoms with Crippen LogP contribution in [-0.4, -0.2) is 49.5 Å². The maximum atomic E-state index is 11.6. The molecule has 98 valence electrons. The molecule has 0 unspecified atom stereocenters. The highest BCUT2D eigenvalue weighted by Gasteiger charge is 2.09. The smallest absolute Gasteiger partial charge is 0.254 e. The van der Waals surface area contributed by atoms with Crippen molar-refractivity contribution in [2.45, 2.75) is 6.92 Å². The van der Waals surface area contributed by atoms with Crippen molar-refractivity contribution in [3.05, 3.63) is 17.5 Å². The van der Waals surface area contributed by atoms with Gasteiger partial charge in [-0.2, -0.15) is 5.10 Å². The van der Waals surface area contributed by atoms with Crippen molar-refractivity contribution in [1.82, 2.24) is 20.8 Å². The van der Waals surface area contributed by atoms with Crippen LogP contribution in [0.5, 0.6) is 0 Å². The lowest BCUT2D eigenvalue weighted by Crippen LogP contribution is -2.33. The number of nitrogens with one attached hydrogen (secondary N) is 3. The van der Waals surface area contributed by atoms with Gasteiger partial charge < -0.3 is 15.4 Å². The number of methoxy groups -OCH3 is 1. The standard InChI is InChI=1S/C10H18N4O2.ClH/c1-8-9(7-13-14-8)10(15)12-4-3-11-5-6-16-2;/h7,11H,3-6H2,1-2H3,(H,12,15)(H,13,14);1H. The lowest BCUT2D eigenvalue weighted by Gasteiger charge is -2.05. The molecule has 0 atom stereocenters. The van der Waals surface area contributed by atoms with Gasteiger partial charge in [0.15, 0.2) is 0 Å². The SMILES string of the molecule is COCCNCCNC(=O)c1cn[nH]c1C.Cl. The van der Waals surface area contributed by atoms with Crippen LogP contribution in [-0.2, 0) is 4.74 Å². The number of hydrogen-bond donors (Lipinski definition) is 3. The quantitative estimate of drug-likeness (QED) is 0.610. The van der Waals surface area contributed by atoms with E-state index in [0.717, 1.165) is 18.8 Å². The van der Waals surface area contributed by atoms with Gasteiger partial charge in [-0.15, -0.1) is 12.4 Å². The summed E-state index contributed by atoms with van der Waals surface area (Å²) in [6.07, 6.45) is 1.53. The van der Waals surface area contributed by atoms with Crippen molar-refractivity contribution in [1.29, 1.82) is 0 Å². The third-order valence-electron chi connectivity index (χ3n) is 2.14. The summed E-state index contributed by atoms with van der Waals surface area (Å²) in [4.78, 5) is 11.6. The Morgan fingerprint density at radius 2 is 2.24 bits per heavy atom. The fourth-order valence-electron chi connectivity index (χ4n) is 1.24. The summed E-state index contributed by atoms with van der Waals surface area (Å²) in [5.41, 5.74) is 1.38. The predicted molar refractivity (Wildman–Crippen MR) is 67.7 cm³/mol. The summed E-state index contributed by atoms with van der Waals surface area (Å²) in [7, 11) is 1.66. The highest BCUT2D eigenvalue weighted by atomic mass is 35.5. The Morgan fingerprint density at radius 3 is 2.82 bits per heavy atom. The molecule has 0 fully saturated rings. The number of aryl methyl sites for hydroxylation is 1. The third kappa shape index (κ3) is 5.67. The van der Waals surface area contributed by atoms with E-state index in [1.54, 1.807) is 7.11 Å². The molecule has 3 N–H and O–H groups in total. The van der Waals surface area contributed by atoms with Gasteiger partial charge in [-0.1, -0.05) is 0 Å². The van der Waals surface area contributed by atoms with Gasteiger partial charge in [-0.25, -0.2) is 0 Å². The Bertz CT molecular complexity index is 330. The van der Waals surface area contributed by atoms with Crippen LogP contribution in [0.1, 0.15) is 16.1 Å². The molecule has 0 aliphatic carbocycles. The molecule has 0 aliphatic heterocycles. The van der Waals surface area contributed by atoms with E-state index in [4.69, 9.17) is 4.74 Å². The second kappa shape index (κ2) is 8.98. The van der Waals surface area contributed by atoms with Crippen molar-refractivity contribution >= 4 is 18.3 Å². The molecule has 0 saturated carbocycles. The first kappa shape index (κ1) is 15.9. The third-order valence-corrected chi connectivity index (χ3v) is 2.14. The van der Waals surface area contributed by atoms with Gasteiger partial charge in [0.05, 0.1) is 18.4 Å². The topological polar surface area (TPSA) is 79.0 Å². The molecular formula is C10H19ClN4O2. The summed E-state index contributed by atoms with van der Waals surface area (Å²) in [6, 6.07) is 0. The molecule has 7 heteroatoms. The number of H-pyrrole nitrogens is 1. The predicted octanol–water partition coefficient (Wildman–Crippen LogP) is 0.106. The van der Waals surface area contributed by atoms with E-state index in [1.165, 1.54) is 6.20 Å². The highest BCUT2D eigenvalue weighted by molar-refractivity contribution is 5.94. The van der Waals surface area contributed by atoms with E-state index in [0.29, 0.717) is 18.7 Å². The Balaban J connectivity index is 0.00000256. The summed E-state index contributed by atoms with van der Waals surface area (Å²) in [5, 5.41) is 12.5. The zero-order valence-corrected chi connectivity index (χ0v) is 10.9. The van der Waals surface area contributed by atoms with E-state index in [2.05, 4.69) is 20.8 Å². The summed E-state index contributed by atoms with van der Waals surface area (Å²) < 4.78 is 4.88. The molecule has 0 aliphatic rings. The maximum Gasteiger partial charge on any atom is 0.254 e. The van der Waals surface area contributed by atoms with Crippen molar-refractivity contribution in [2.75, 3.05) is 33.4 Å². The number of nitrogens with zero attached hydrogens (tertiary/aromatic N) is 1. The molecule has 1 rings (SSSR count). The van der Waals surface area contributed by atoms with E-state index < -0.39 is 0 Å². The van der Waals surface area contributed by atoms with Crippen LogP contribution in [0.2, 0.25) is 0 Å². The molecule has 17 heavy (non-hydrogen) atoms. The van der Waals surface area contributed by atoms with Crippen LogP contribution in [0, 0.1) is 6.92 Å². The van der Waals surface area contributed by atoms with E-state index in [9.17, 15) is 4.79 Å². The number of aromatic nitrogens is 2. The summed E-state index contributed by atoms with van der Waals surface area (Å²) in [5.74, 6) is -0.0974. The minimum absolute atomic E-state index is 0. The first-order valence-corrected chi connectivity index (χ1v) is 5.23. The number of rotatable bonds is 7. The molecule has 1 aromatic rings. The number of carbonyl (C=O) groups is 1. The van der Waals surface area contributed by atoms with Crippen LogP contribution in [0.15, 0.2) is 6.20 Å². The minimum Gasteiger partial charge on any atom is -0.383 e. The van der Waals surface area contributed by atoms with Crippen LogP contribution in [0.3, 0.4) is 0 Å². The Morgan fingerprint density at radius 1 is 1.47 bits per heavy atom. The largest absolute Gasteiger partial charge is 0.383 e. The van der Waals surface area contributed by atoms with E-state index in [-0.39, 0.29) is 18.3 Å². The van der Waals surface area contributed by atoms with Crippen LogP contribution in [0.4, 0.5) is 0 Å². The van der Waals surface area contributed by atoms with E-state index >= 15 is 0 Å². The number of carbonyl (C=O) groups excluding carboxylic acids is 1. The molecule has 1 heterocycles. The zero-order chi connectivity index (χ0) is 11.8. The number of hydrogen-bond acceptors (Lipinski definition) is 4. The molecule has 6 nitrogen and oxygen atoms in total. The lowest BCUT2D eigenvalue weighted by atomic mass is 10.2. The second-order valence-electron chi connectivity index (χ2n) is 3.41. The molecule has 1 amide bonds. The number of halogens is 1.